The molecule has 1 nitrogen and oxygen atoms in total. The van der Waals surface area contributed by atoms with Crippen molar-refractivity contribution in [3.05, 3.63) is 49.1 Å². The highest BCUT2D eigenvalue weighted by Gasteiger charge is 1.92. The molecule has 0 aromatic rings. The predicted octanol–water partition coefficient (Wildman–Crippen LogP) is 4.95. The van der Waals surface area contributed by atoms with Gasteiger partial charge in [0.1, 0.15) is 0 Å². The van der Waals surface area contributed by atoms with Gasteiger partial charge in [-0.25, -0.2) is 0 Å². The molecule has 1 atom stereocenters. The van der Waals surface area contributed by atoms with Gasteiger partial charge in [-0.15, -0.1) is 6.58 Å². The Kier molecular flexibility index (Phi) is 13.1. The van der Waals surface area contributed by atoms with Crippen molar-refractivity contribution in [3.63, 3.8) is 0 Å². The Balaban J connectivity index is 3.49. The summed E-state index contributed by atoms with van der Waals surface area (Å²) in [6, 6.07) is 0. The largest absolute Gasteiger partial charge is 0.389 e. The van der Waals surface area contributed by atoms with Gasteiger partial charge in [-0.3, -0.25) is 0 Å². The Hall–Kier alpha value is -1.08. The standard InChI is InChI=1S/C17H28O/c1-3-5-7-8-9-10-11-12-14-16-17(18)15-13-6-4-2/h3,6,11-14,16-18H,1,4-5,7-10,15H2,2H3/b12-11-,13-6-,16-14+. The third kappa shape index (κ3) is 13.0. The van der Waals surface area contributed by atoms with Crippen molar-refractivity contribution >= 4 is 0 Å². The molecular formula is C17H28O. The van der Waals surface area contributed by atoms with Crippen LogP contribution < -0.4 is 0 Å². The summed E-state index contributed by atoms with van der Waals surface area (Å²) in [7, 11) is 0. The number of rotatable bonds is 11. The number of aliphatic hydroxyl groups excluding tert-OH is 1. The minimum atomic E-state index is -0.356. The summed E-state index contributed by atoms with van der Waals surface area (Å²) in [6.07, 6.45) is 21.4. The number of hydrogen-bond acceptors (Lipinski definition) is 1. The van der Waals surface area contributed by atoms with E-state index in [2.05, 4.69) is 25.7 Å². The minimum absolute atomic E-state index is 0.356. The minimum Gasteiger partial charge on any atom is -0.389 e. The number of allylic oxidation sites excluding steroid dienone is 5. The second-order valence-corrected chi connectivity index (χ2v) is 4.42. The molecule has 0 spiro atoms. The van der Waals surface area contributed by atoms with E-state index in [1.54, 1.807) is 0 Å². The Morgan fingerprint density at radius 3 is 2.50 bits per heavy atom. The lowest BCUT2D eigenvalue weighted by molar-refractivity contribution is 0.227. The van der Waals surface area contributed by atoms with E-state index in [4.69, 9.17) is 0 Å². The number of aliphatic hydroxyl groups is 1. The molecule has 0 fully saturated rings. The molecule has 1 heteroatoms. The van der Waals surface area contributed by atoms with E-state index in [0.717, 1.165) is 19.3 Å². The third-order valence-electron chi connectivity index (χ3n) is 2.64. The topological polar surface area (TPSA) is 20.2 Å². The summed E-state index contributed by atoms with van der Waals surface area (Å²) < 4.78 is 0. The van der Waals surface area contributed by atoms with Gasteiger partial charge >= 0.3 is 0 Å². The second kappa shape index (κ2) is 14.0. The summed E-state index contributed by atoms with van der Waals surface area (Å²) in [4.78, 5) is 0. The first-order valence-corrected chi connectivity index (χ1v) is 7.08. The van der Waals surface area contributed by atoms with Crippen LogP contribution in [0.5, 0.6) is 0 Å². The van der Waals surface area contributed by atoms with Crippen molar-refractivity contribution in [3.8, 4) is 0 Å². The number of hydrogen-bond donors (Lipinski definition) is 1. The molecule has 0 heterocycles. The lowest BCUT2D eigenvalue weighted by Crippen LogP contribution is -1.98. The summed E-state index contributed by atoms with van der Waals surface area (Å²) >= 11 is 0. The van der Waals surface area contributed by atoms with Gasteiger partial charge in [0.2, 0.25) is 0 Å². The fourth-order valence-electron chi connectivity index (χ4n) is 1.58. The zero-order chi connectivity index (χ0) is 13.5. The normalized spacial score (nSPS) is 13.9. The molecule has 0 aromatic heterocycles. The van der Waals surface area contributed by atoms with E-state index < -0.39 is 0 Å². The van der Waals surface area contributed by atoms with Crippen LogP contribution in [-0.4, -0.2) is 11.2 Å². The van der Waals surface area contributed by atoms with Crippen LogP contribution in [0.2, 0.25) is 0 Å². The Bertz CT molecular complexity index is 261. The molecule has 0 aromatic carbocycles. The summed E-state index contributed by atoms with van der Waals surface area (Å²) in [5.74, 6) is 0. The molecule has 0 bridgehead atoms. The lowest BCUT2D eigenvalue weighted by atomic mass is 10.1. The molecule has 18 heavy (non-hydrogen) atoms. The maximum Gasteiger partial charge on any atom is 0.0758 e. The predicted molar refractivity (Wildman–Crippen MR) is 81.6 cm³/mol. The average molecular weight is 248 g/mol. The van der Waals surface area contributed by atoms with Crippen molar-refractivity contribution < 1.29 is 5.11 Å². The first-order valence-electron chi connectivity index (χ1n) is 7.08. The smallest absolute Gasteiger partial charge is 0.0758 e. The molecule has 0 aliphatic heterocycles. The van der Waals surface area contributed by atoms with Gasteiger partial charge in [0.15, 0.2) is 0 Å². The molecule has 0 saturated carbocycles. The van der Waals surface area contributed by atoms with Crippen molar-refractivity contribution in [1.82, 2.24) is 0 Å². The molecule has 0 radical (unpaired) electrons. The van der Waals surface area contributed by atoms with Gasteiger partial charge in [-0.2, -0.15) is 0 Å². The van der Waals surface area contributed by atoms with Crippen LogP contribution in [0.15, 0.2) is 49.1 Å². The van der Waals surface area contributed by atoms with Crippen LogP contribution in [-0.2, 0) is 0 Å². The molecule has 0 rings (SSSR count). The monoisotopic (exact) mass is 248 g/mol. The maximum atomic E-state index is 9.59. The van der Waals surface area contributed by atoms with Gasteiger partial charge in [0.05, 0.1) is 6.10 Å². The Morgan fingerprint density at radius 2 is 1.78 bits per heavy atom. The van der Waals surface area contributed by atoms with Crippen LogP contribution in [0, 0.1) is 0 Å². The van der Waals surface area contributed by atoms with E-state index >= 15 is 0 Å². The molecule has 1 N–H and O–H groups in total. The Labute approximate surface area is 113 Å². The summed E-state index contributed by atoms with van der Waals surface area (Å²) in [5, 5.41) is 9.59. The zero-order valence-corrected chi connectivity index (χ0v) is 11.7. The summed E-state index contributed by atoms with van der Waals surface area (Å²) in [6.45, 7) is 5.80. The van der Waals surface area contributed by atoms with Gasteiger partial charge < -0.3 is 5.11 Å². The third-order valence-corrected chi connectivity index (χ3v) is 2.64. The zero-order valence-electron chi connectivity index (χ0n) is 11.7. The van der Waals surface area contributed by atoms with E-state index in [1.807, 2.05) is 30.4 Å². The van der Waals surface area contributed by atoms with Gasteiger partial charge in [-0.1, -0.05) is 55.9 Å². The van der Waals surface area contributed by atoms with Crippen LogP contribution in [0.25, 0.3) is 0 Å². The highest BCUT2D eigenvalue weighted by Crippen LogP contribution is 2.04. The van der Waals surface area contributed by atoms with Crippen molar-refractivity contribution in [1.29, 1.82) is 0 Å². The van der Waals surface area contributed by atoms with E-state index in [9.17, 15) is 5.11 Å². The fourth-order valence-corrected chi connectivity index (χ4v) is 1.58. The Morgan fingerprint density at radius 1 is 1.00 bits per heavy atom. The van der Waals surface area contributed by atoms with Crippen LogP contribution in [0.4, 0.5) is 0 Å². The van der Waals surface area contributed by atoms with Gasteiger partial charge in [0, 0.05) is 0 Å². The molecule has 0 amide bonds. The van der Waals surface area contributed by atoms with E-state index in [1.165, 1.54) is 19.3 Å². The van der Waals surface area contributed by atoms with Crippen molar-refractivity contribution in [2.24, 2.45) is 0 Å². The van der Waals surface area contributed by atoms with Crippen molar-refractivity contribution in [2.75, 3.05) is 0 Å². The summed E-state index contributed by atoms with van der Waals surface area (Å²) in [5.41, 5.74) is 0. The van der Waals surface area contributed by atoms with Crippen LogP contribution >= 0.6 is 0 Å². The van der Waals surface area contributed by atoms with Gasteiger partial charge in [-0.05, 0) is 38.5 Å². The first kappa shape index (κ1) is 16.9. The molecule has 1 unspecified atom stereocenters. The highest BCUT2D eigenvalue weighted by atomic mass is 16.3. The fraction of sp³-hybridized carbons (Fsp3) is 0.529. The van der Waals surface area contributed by atoms with Gasteiger partial charge in [0.25, 0.3) is 0 Å². The van der Waals surface area contributed by atoms with E-state index in [0.29, 0.717) is 6.42 Å². The first-order chi connectivity index (χ1) is 8.81. The van der Waals surface area contributed by atoms with Crippen molar-refractivity contribution in [2.45, 2.75) is 58.0 Å². The average Bonchev–Trinajstić information content (AvgIpc) is 2.37. The quantitative estimate of drug-likeness (QED) is 0.311. The number of unbranched alkanes of at least 4 members (excludes halogenated alkanes) is 4. The van der Waals surface area contributed by atoms with Crippen LogP contribution in [0.1, 0.15) is 51.9 Å². The highest BCUT2D eigenvalue weighted by molar-refractivity contribution is 5.05. The lowest BCUT2D eigenvalue weighted by Gasteiger charge is -1.98. The SMILES string of the molecule is C=CCCCCC/C=C\C=C\C(O)C/C=C\CC. The molecule has 102 valence electrons. The van der Waals surface area contributed by atoms with E-state index in [-0.39, 0.29) is 6.10 Å². The molecular weight excluding hydrogens is 220 g/mol. The molecule has 0 aliphatic carbocycles. The molecule has 0 aliphatic rings. The molecule has 0 saturated heterocycles. The second-order valence-electron chi connectivity index (χ2n) is 4.42. The van der Waals surface area contributed by atoms with Crippen LogP contribution in [0.3, 0.4) is 0 Å². The maximum absolute atomic E-state index is 9.59.